The zero-order valence-electron chi connectivity index (χ0n) is 10.4. The predicted molar refractivity (Wildman–Crippen MR) is 68.5 cm³/mol. The fraction of sp³-hybridized carbons (Fsp3) is 0.909. The number of hydrogen-bond donors (Lipinski definition) is 2. The molecular weight excluding hydrogens is 208 g/mol. The Bertz CT molecular complexity index is 173. The average Bonchev–Trinajstić information content (AvgIpc) is 2.29. The van der Waals surface area contributed by atoms with Crippen LogP contribution < -0.4 is 10.6 Å². The second-order valence-corrected chi connectivity index (χ2v) is 4.98. The zero-order valence-corrected chi connectivity index (χ0v) is 11.2. The number of urea groups is 1. The second-order valence-electron chi connectivity index (χ2n) is 3.70. The lowest BCUT2D eigenvalue weighted by Crippen LogP contribution is -2.44. The third-order valence-corrected chi connectivity index (χ3v) is 4.42. The number of hydrogen-bond acceptors (Lipinski definition) is 2. The van der Waals surface area contributed by atoms with Crippen molar-refractivity contribution in [3.05, 3.63) is 0 Å². The summed E-state index contributed by atoms with van der Waals surface area (Å²) in [5.74, 6) is 0. The van der Waals surface area contributed by atoms with Crippen LogP contribution in [0, 0.1) is 0 Å². The Kier molecular flexibility index (Phi) is 7.65. The van der Waals surface area contributed by atoms with Gasteiger partial charge >= 0.3 is 6.03 Å². The summed E-state index contributed by atoms with van der Waals surface area (Å²) in [6.45, 7) is 7.88. The molecule has 0 atom stereocenters. The number of carbonyl (C=O) groups excluding carboxylic acids is 1. The van der Waals surface area contributed by atoms with E-state index in [0.29, 0.717) is 0 Å². The van der Waals surface area contributed by atoms with Gasteiger partial charge in [-0.3, -0.25) is 0 Å². The lowest BCUT2D eigenvalue weighted by atomic mass is 10.0. The van der Waals surface area contributed by atoms with Crippen molar-refractivity contribution in [1.29, 1.82) is 0 Å². The first-order chi connectivity index (χ1) is 7.14. The number of amides is 2. The summed E-state index contributed by atoms with van der Waals surface area (Å²) in [6, 6.07) is -0.0443. The van der Waals surface area contributed by atoms with E-state index in [4.69, 9.17) is 0 Å². The average molecular weight is 232 g/mol. The van der Waals surface area contributed by atoms with Gasteiger partial charge in [-0.05, 0) is 25.5 Å². The van der Waals surface area contributed by atoms with Gasteiger partial charge in [-0.1, -0.05) is 20.8 Å². The molecule has 0 fully saturated rings. The van der Waals surface area contributed by atoms with Crippen LogP contribution in [0.2, 0.25) is 0 Å². The molecule has 0 aliphatic carbocycles. The summed E-state index contributed by atoms with van der Waals surface area (Å²) in [4.78, 5) is 11.4. The summed E-state index contributed by atoms with van der Waals surface area (Å²) in [5, 5.41) is 5.76. The first kappa shape index (κ1) is 14.6. The van der Waals surface area contributed by atoms with Gasteiger partial charge in [0.25, 0.3) is 0 Å². The van der Waals surface area contributed by atoms with Crippen molar-refractivity contribution in [2.45, 2.75) is 44.8 Å². The molecule has 0 aromatic rings. The minimum absolute atomic E-state index is 0.0443. The fourth-order valence-corrected chi connectivity index (χ4v) is 2.20. The highest BCUT2D eigenvalue weighted by atomic mass is 32.2. The van der Waals surface area contributed by atoms with Crippen LogP contribution in [0.25, 0.3) is 0 Å². The molecule has 0 saturated heterocycles. The summed E-state index contributed by atoms with van der Waals surface area (Å²) in [6.07, 6.45) is 5.25. The van der Waals surface area contributed by atoms with Gasteiger partial charge in [0.2, 0.25) is 0 Å². The summed E-state index contributed by atoms with van der Waals surface area (Å²) >= 11 is 1.84. The molecule has 2 N–H and O–H groups in total. The van der Waals surface area contributed by atoms with E-state index in [2.05, 4.69) is 30.7 Å². The molecule has 4 heteroatoms. The molecule has 0 heterocycles. The molecule has 0 saturated carbocycles. The summed E-state index contributed by atoms with van der Waals surface area (Å²) in [5.41, 5.74) is 0. The van der Waals surface area contributed by atoms with Gasteiger partial charge in [-0.2, -0.15) is 11.8 Å². The Balaban J connectivity index is 3.93. The van der Waals surface area contributed by atoms with Crippen molar-refractivity contribution in [2.75, 3.05) is 19.3 Å². The van der Waals surface area contributed by atoms with E-state index in [1.807, 2.05) is 18.7 Å². The molecule has 15 heavy (non-hydrogen) atoms. The van der Waals surface area contributed by atoms with E-state index in [0.717, 1.165) is 32.4 Å². The Morgan fingerprint density at radius 2 is 1.80 bits per heavy atom. The lowest BCUT2D eigenvalue weighted by Gasteiger charge is -2.29. The third-order valence-electron chi connectivity index (χ3n) is 2.83. The van der Waals surface area contributed by atoms with Gasteiger partial charge in [0.1, 0.15) is 0 Å². The van der Waals surface area contributed by atoms with E-state index < -0.39 is 0 Å². The van der Waals surface area contributed by atoms with Crippen LogP contribution in [0.4, 0.5) is 4.79 Å². The molecule has 90 valence electrons. The zero-order chi connectivity index (χ0) is 11.7. The molecule has 0 aliphatic rings. The molecule has 0 rings (SSSR count). The molecule has 0 spiro atoms. The van der Waals surface area contributed by atoms with Gasteiger partial charge in [-0.25, -0.2) is 4.79 Å². The topological polar surface area (TPSA) is 41.1 Å². The van der Waals surface area contributed by atoms with Crippen molar-refractivity contribution >= 4 is 17.8 Å². The quantitative estimate of drug-likeness (QED) is 0.708. The first-order valence-corrected chi connectivity index (χ1v) is 6.93. The van der Waals surface area contributed by atoms with E-state index in [9.17, 15) is 4.79 Å². The van der Waals surface area contributed by atoms with E-state index in [1.165, 1.54) is 0 Å². The molecule has 0 bridgehead atoms. The SMILES string of the molecule is CCCNC(=O)NCC(CC)(CC)SC. The van der Waals surface area contributed by atoms with Crippen LogP contribution >= 0.6 is 11.8 Å². The smallest absolute Gasteiger partial charge is 0.314 e. The van der Waals surface area contributed by atoms with Crippen LogP contribution in [0.1, 0.15) is 40.0 Å². The van der Waals surface area contributed by atoms with Crippen LogP contribution in [-0.2, 0) is 0 Å². The number of carbonyl (C=O) groups is 1. The highest BCUT2D eigenvalue weighted by Gasteiger charge is 2.25. The minimum Gasteiger partial charge on any atom is -0.338 e. The van der Waals surface area contributed by atoms with Gasteiger partial charge < -0.3 is 10.6 Å². The maximum Gasteiger partial charge on any atom is 0.314 e. The first-order valence-electron chi connectivity index (χ1n) is 5.71. The molecule has 2 amide bonds. The van der Waals surface area contributed by atoms with E-state index in [1.54, 1.807) is 0 Å². The van der Waals surface area contributed by atoms with Crippen LogP contribution in [0.5, 0.6) is 0 Å². The van der Waals surface area contributed by atoms with Crippen LogP contribution in [-0.4, -0.2) is 30.1 Å². The van der Waals surface area contributed by atoms with Crippen molar-refractivity contribution in [3.8, 4) is 0 Å². The Morgan fingerprint density at radius 3 is 2.20 bits per heavy atom. The van der Waals surface area contributed by atoms with Gasteiger partial charge in [-0.15, -0.1) is 0 Å². The van der Waals surface area contributed by atoms with E-state index in [-0.39, 0.29) is 10.8 Å². The van der Waals surface area contributed by atoms with Gasteiger partial charge in [0, 0.05) is 17.8 Å². The second kappa shape index (κ2) is 7.85. The monoisotopic (exact) mass is 232 g/mol. The largest absolute Gasteiger partial charge is 0.338 e. The van der Waals surface area contributed by atoms with E-state index >= 15 is 0 Å². The van der Waals surface area contributed by atoms with Gasteiger partial charge in [0.05, 0.1) is 0 Å². The summed E-state index contributed by atoms with van der Waals surface area (Å²) < 4.78 is 0.198. The van der Waals surface area contributed by atoms with Crippen LogP contribution in [0.3, 0.4) is 0 Å². The van der Waals surface area contributed by atoms with Crippen LogP contribution in [0.15, 0.2) is 0 Å². The standard InChI is InChI=1S/C11H24N2OS/c1-5-8-12-10(14)13-9-11(6-2,7-3)15-4/h5-9H2,1-4H3,(H2,12,13,14). The number of rotatable bonds is 7. The molecule has 0 aliphatic heterocycles. The van der Waals surface area contributed by atoms with Crippen molar-refractivity contribution in [3.63, 3.8) is 0 Å². The van der Waals surface area contributed by atoms with Crippen molar-refractivity contribution in [2.24, 2.45) is 0 Å². The normalized spacial score (nSPS) is 11.2. The Morgan fingerprint density at radius 1 is 1.20 bits per heavy atom. The molecule has 0 radical (unpaired) electrons. The van der Waals surface area contributed by atoms with Crippen molar-refractivity contribution in [1.82, 2.24) is 10.6 Å². The molecule has 3 nitrogen and oxygen atoms in total. The fourth-order valence-electron chi connectivity index (χ4n) is 1.40. The molecule has 0 aromatic heterocycles. The maximum absolute atomic E-state index is 11.4. The third kappa shape index (κ3) is 5.30. The predicted octanol–water partition coefficient (Wildman–Crippen LogP) is 2.62. The summed E-state index contributed by atoms with van der Waals surface area (Å²) in [7, 11) is 0. The Labute approximate surface area is 97.8 Å². The minimum atomic E-state index is -0.0443. The highest BCUT2D eigenvalue weighted by Crippen LogP contribution is 2.29. The number of thioether (sulfide) groups is 1. The molecule has 0 aromatic carbocycles. The molecule has 0 unspecified atom stereocenters. The highest BCUT2D eigenvalue weighted by molar-refractivity contribution is 8.00. The Hall–Kier alpha value is -0.380. The maximum atomic E-state index is 11.4. The van der Waals surface area contributed by atoms with Gasteiger partial charge in [0.15, 0.2) is 0 Å². The number of nitrogens with one attached hydrogen (secondary N) is 2. The molecular formula is C11H24N2OS. The van der Waals surface area contributed by atoms with Crippen molar-refractivity contribution < 1.29 is 4.79 Å². The lowest BCUT2D eigenvalue weighted by molar-refractivity contribution is 0.239.